The standard InChI is InChI=1S/C19H21NO3.C10H21O5P/c1-2-13(21)11-20-19(22)23-12-18-16-9-5-3-7-14(16)15-8-4-6-10-17(15)18;1-4-14-16(13,15-5-2)8-10(12)7-6-9(3)11/h3-10,13,18,21H,2,11-12H2,1H3,(H,20,22);10,12H,4-8H2,1-3H3. The zero-order chi connectivity index (χ0) is 28.8. The van der Waals surface area contributed by atoms with Gasteiger partial charge in [-0.05, 0) is 55.9 Å². The van der Waals surface area contributed by atoms with Crippen LogP contribution in [-0.2, 0) is 23.1 Å². The first-order valence-electron chi connectivity index (χ1n) is 13.5. The number of rotatable bonds is 14. The third-order valence-electron chi connectivity index (χ3n) is 6.21. The summed E-state index contributed by atoms with van der Waals surface area (Å²) in [5, 5.41) is 21.7. The summed E-state index contributed by atoms with van der Waals surface area (Å²) in [5.41, 5.74) is 4.79. The van der Waals surface area contributed by atoms with E-state index in [1.807, 2.05) is 31.2 Å². The quantitative estimate of drug-likeness (QED) is 0.265. The lowest BCUT2D eigenvalue weighted by atomic mass is 9.98. The Balaban J connectivity index is 0.000000295. The topological polar surface area (TPSA) is 131 Å². The van der Waals surface area contributed by atoms with Gasteiger partial charge < -0.3 is 34.1 Å². The lowest BCUT2D eigenvalue weighted by Crippen LogP contribution is -2.32. The van der Waals surface area contributed by atoms with Crippen molar-refractivity contribution < 1.29 is 38.2 Å². The molecular formula is C29H42NO8P. The maximum Gasteiger partial charge on any atom is 0.407 e. The number of Topliss-reactive ketones (excluding diaryl/α,β-unsaturated/α-hetero) is 1. The van der Waals surface area contributed by atoms with Gasteiger partial charge in [-0.2, -0.15) is 0 Å². The number of nitrogens with one attached hydrogen (secondary N) is 1. The molecule has 1 aliphatic rings. The summed E-state index contributed by atoms with van der Waals surface area (Å²) < 4.78 is 27.4. The van der Waals surface area contributed by atoms with E-state index in [-0.39, 0.29) is 44.0 Å². The molecule has 0 aliphatic heterocycles. The van der Waals surface area contributed by atoms with Crippen LogP contribution in [0.5, 0.6) is 0 Å². The second-order valence-corrected chi connectivity index (χ2v) is 11.4. The van der Waals surface area contributed by atoms with Crippen LogP contribution in [0, 0.1) is 0 Å². The maximum absolute atomic E-state index is 12.0. The number of alkyl carbamates (subject to hydrolysis) is 1. The van der Waals surface area contributed by atoms with E-state index in [1.165, 1.54) is 29.2 Å². The summed E-state index contributed by atoms with van der Waals surface area (Å²) in [4.78, 5) is 22.5. The molecule has 39 heavy (non-hydrogen) atoms. The van der Waals surface area contributed by atoms with Crippen molar-refractivity contribution in [2.45, 2.75) is 65.1 Å². The van der Waals surface area contributed by atoms with Gasteiger partial charge in [0.2, 0.25) is 0 Å². The van der Waals surface area contributed by atoms with Crippen LogP contribution in [0.1, 0.15) is 64.0 Å². The molecule has 0 spiro atoms. The van der Waals surface area contributed by atoms with E-state index in [0.717, 1.165) is 0 Å². The Morgan fingerprint density at radius 1 is 0.923 bits per heavy atom. The smallest absolute Gasteiger partial charge is 0.407 e. The van der Waals surface area contributed by atoms with Crippen LogP contribution in [-0.4, -0.2) is 66.8 Å². The predicted octanol–water partition coefficient (Wildman–Crippen LogP) is 5.28. The molecule has 0 saturated heterocycles. The number of carbonyl (C=O) groups is 2. The highest BCUT2D eigenvalue weighted by molar-refractivity contribution is 7.53. The number of hydrogen-bond donors (Lipinski definition) is 3. The molecule has 0 saturated carbocycles. The largest absolute Gasteiger partial charge is 0.449 e. The van der Waals surface area contributed by atoms with Crippen molar-refractivity contribution in [2.75, 3.05) is 32.5 Å². The van der Waals surface area contributed by atoms with Crippen LogP contribution >= 0.6 is 7.60 Å². The highest BCUT2D eigenvalue weighted by Crippen LogP contribution is 2.49. The zero-order valence-corrected chi connectivity index (χ0v) is 24.2. The van der Waals surface area contributed by atoms with Gasteiger partial charge in [-0.1, -0.05) is 55.5 Å². The van der Waals surface area contributed by atoms with Crippen molar-refractivity contribution >= 4 is 19.5 Å². The second-order valence-electron chi connectivity index (χ2n) is 9.29. The van der Waals surface area contributed by atoms with Gasteiger partial charge in [-0.3, -0.25) is 4.57 Å². The molecule has 1 amide bonds. The number of hydrogen-bond acceptors (Lipinski definition) is 8. The molecule has 0 heterocycles. The third-order valence-corrected chi connectivity index (χ3v) is 8.38. The van der Waals surface area contributed by atoms with Gasteiger partial charge in [-0.15, -0.1) is 0 Å². The van der Waals surface area contributed by atoms with E-state index in [0.29, 0.717) is 19.4 Å². The number of fused-ring (bicyclic) bond motifs is 3. The SMILES string of the molecule is CCC(O)CNC(=O)OCC1c2ccccc2-c2ccccc21.CCOP(=O)(CC(O)CCC(C)=O)OCC. The molecule has 2 aromatic rings. The van der Waals surface area contributed by atoms with Gasteiger partial charge in [-0.25, -0.2) is 4.79 Å². The highest BCUT2D eigenvalue weighted by atomic mass is 31.2. The Morgan fingerprint density at radius 2 is 1.46 bits per heavy atom. The first kappa shape index (κ1) is 32.7. The molecule has 0 bridgehead atoms. The molecule has 3 rings (SSSR count). The minimum Gasteiger partial charge on any atom is -0.449 e. The Bertz CT molecular complexity index is 1050. The van der Waals surface area contributed by atoms with Gasteiger partial charge in [0.15, 0.2) is 0 Å². The van der Waals surface area contributed by atoms with Crippen LogP contribution in [0.15, 0.2) is 48.5 Å². The Labute approximate surface area is 231 Å². The van der Waals surface area contributed by atoms with E-state index in [9.17, 15) is 24.4 Å². The molecule has 2 unspecified atom stereocenters. The van der Waals surface area contributed by atoms with Crippen molar-refractivity contribution in [1.82, 2.24) is 5.32 Å². The normalized spacial score (nSPS) is 13.9. The lowest BCUT2D eigenvalue weighted by Gasteiger charge is -2.19. The number of carbonyl (C=O) groups excluding carboxylic acids is 2. The summed E-state index contributed by atoms with van der Waals surface area (Å²) in [6, 6.07) is 16.4. The highest BCUT2D eigenvalue weighted by Gasteiger charge is 2.29. The first-order valence-corrected chi connectivity index (χ1v) is 15.2. The summed E-state index contributed by atoms with van der Waals surface area (Å²) in [7, 11) is -3.20. The van der Waals surface area contributed by atoms with E-state index in [2.05, 4.69) is 29.6 Å². The molecule has 10 heteroatoms. The van der Waals surface area contributed by atoms with E-state index < -0.39 is 25.9 Å². The first-order chi connectivity index (χ1) is 18.6. The average Bonchev–Trinajstić information content (AvgIpc) is 3.23. The fraction of sp³-hybridized carbons (Fsp3) is 0.517. The third kappa shape index (κ3) is 10.5. The second kappa shape index (κ2) is 16.5. The lowest BCUT2D eigenvalue weighted by molar-refractivity contribution is -0.117. The number of aliphatic hydroxyl groups excluding tert-OH is 2. The molecule has 2 atom stereocenters. The van der Waals surface area contributed by atoms with Gasteiger partial charge in [0.25, 0.3) is 0 Å². The Hall–Kier alpha value is -2.55. The van der Waals surface area contributed by atoms with Crippen LogP contribution in [0.3, 0.4) is 0 Å². The molecule has 216 valence electrons. The summed E-state index contributed by atoms with van der Waals surface area (Å²) in [6.45, 7) is 7.81. The summed E-state index contributed by atoms with van der Waals surface area (Å²) in [5.74, 6) is 0.0611. The molecule has 3 N–H and O–H groups in total. The van der Waals surface area contributed by atoms with Gasteiger partial charge in [0.05, 0.1) is 31.6 Å². The molecule has 2 aromatic carbocycles. The number of ketones is 1. The van der Waals surface area contributed by atoms with E-state index in [4.69, 9.17) is 13.8 Å². The summed E-state index contributed by atoms with van der Waals surface area (Å²) in [6.07, 6.45) is -0.729. The van der Waals surface area contributed by atoms with Crippen LogP contribution < -0.4 is 5.32 Å². The molecule has 0 fully saturated rings. The fourth-order valence-electron chi connectivity index (χ4n) is 4.25. The van der Waals surface area contributed by atoms with Gasteiger partial charge in [0.1, 0.15) is 12.4 Å². The minimum absolute atomic E-state index is 0.00158. The van der Waals surface area contributed by atoms with Crippen molar-refractivity contribution in [3.05, 3.63) is 59.7 Å². The fourth-order valence-corrected chi connectivity index (χ4v) is 6.02. The van der Waals surface area contributed by atoms with Gasteiger partial charge >= 0.3 is 13.7 Å². The van der Waals surface area contributed by atoms with Crippen molar-refractivity contribution in [1.29, 1.82) is 0 Å². The number of amides is 1. The van der Waals surface area contributed by atoms with E-state index >= 15 is 0 Å². The predicted molar refractivity (Wildman–Crippen MR) is 151 cm³/mol. The Morgan fingerprint density at radius 3 is 1.95 bits per heavy atom. The molecule has 9 nitrogen and oxygen atoms in total. The van der Waals surface area contributed by atoms with Crippen molar-refractivity contribution in [3.63, 3.8) is 0 Å². The monoisotopic (exact) mass is 563 g/mol. The minimum atomic E-state index is -3.20. The number of aliphatic hydroxyl groups is 2. The zero-order valence-electron chi connectivity index (χ0n) is 23.3. The maximum atomic E-state index is 12.0. The number of benzene rings is 2. The molecule has 0 aromatic heterocycles. The summed E-state index contributed by atoms with van der Waals surface area (Å²) >= 11 is 0. The van der Waals surface area contributed by atoms with Crippen LogP contribution in [0.2, 0.25) is 0 Å². The molecule has 1 aliphatic carbocycles. The van der Waals surface area contributed by atoms with Crippen molar-refractivity contribution in [2.24, 2.45) is 0 Å². The number of ether oxygens (including phenoxy) is 1. The Kier molecular flexibility index (Phi) is 13.8. The van der Waals surface area contributed by atoms with E-state index in [1.54, 1.807) is 13.8 Å². The molecular weight excluding hydrogens is 521 g/mol. The van der Waals surface area contributed by atoms with Crippen LogP contribution in [0.25, 0.3) is 11.1 Å². The van der Waals surface area contributed by atoms with Crippen LogP contribution in [0.4, 0.5) is 4.79 Å². The van der Waals surface area contributed by atoms with Gasteiger partial charge in [0, 0.05) is 18.9 Å². The molecule has 0 radical (unpaired) electrons. The van der Waals surface area contributed by atoms with Crippen molar-refractivity contribution in [3.8, 4) is 11.1 Å². The average molecular weight is 564 g/mol.